The summed E-state index contributed by atoms with van der Waals surface area (Å²) in [7, 11) is 2.68. The van der Waals surface area contributed by atoms with Crippen molar-refractivity contribution in [2.75, 3.05) is 20.8 Å². The number of fused-ring (bicyclic) bond motifs is 2. The van der Waals surface area contributed by atoms with Gasteiger partial charge in [0.05, 0.1) is 14.2 Å². The molecule has 11 heteroatoms. The van der Waals surface area contributed by atoms with Crippen LogP contribution < -0.4 is 15.7 Å². The first-order valence-corrected chi connectivity index (χ1v) is 10.5. The maximum atomic E-state index is 13.3. The molecular formula is C22H23N3O8. The number of esters is 1. The second-order valence-corrected chi connectivity index (χ2v) is 7.80. The van der Waals surface area contributed by atoms with E-state index in [1.54, 1.807) is 12.1 Å². The first-order chi connectivity index (χ1) is 15.8. The summed E-state index contributed by atoms with van der Waals surface area (Å²) in [5.74, 6) is -1.90. The van der Waals surface area contributed by atoms with Crippen LogP contribution in [0.2, 0.25) is 0 Å². The minimum atomic E-state index is -1.11. The van der Waals surface area contributed by atoms with Gasteiger partial charge in [0.15, 0.2) is 6.04 Å². The third-order valence-electron chi connectivity index (χ3n) is 5.83. The van der Waals surface area contributed by atoms with Crippen molar-refractivity contribution in [3.8, 4) is 5.75 Å². The first kappa shape index (κ1) is 22.3. The van der Waals surface area contributed by atoms with E-state index >= 15 is 0 Å². The number of hydrazine groups is 1. The van der Waals surface area contributed by atoms with Gasteiger partial charge in [-0.15, -0.1) is 0 Å². The van der Waals surface area contributed by atoms with E-state index in [0.717, 1.165) is 5.01 Å². The van der Waals surface area contributed by atoms with Crippen LogP contribution >= 0.6 is 0 Å². The molecule has 33 heavy (non-hydrogen) atoms. The highest BCUT2D eigenvalue weighted by Gasteiger charge is 2.45. The maximum absolute atomic E-state index is 13.3. The van der Waals surface area contributed by atoms with Crippen LogP contribution in [0.5, 0.6) is 5.75 Å². The molecule has 0 unspecified atom stereocenters. The van der Waals surface area contributed by atoms with Crippen molar-refractivity contribution in [1.82, 2.24) is 15.3 Å². The minimum absolute atomic E-state index is 0.00674. The lowest BCUT2D eigenvalue weighted by atomic mass is 10.1. The van der Waals surface area contributed by atoms with Gasteiger partial charge in [0.1, 0.15) is 22.9 Å². The van der Waals surface area contributed by atoms with Crippen molar-refractivity contribution in [2.24, 2.45) is 0 Å². The summed E-state index contributed by atoms with van der Waals surface area (Å²) in [5.41, 5.74) is -0.912. The summed E-state index contributed by atoms with van der Waals surface area (Å²) in [6.45, 7) is 0.288. The van der Waals surface area contributed by atoms with Gasteiger partial charge in [-0.3, -0.25) is 19.4 Å². The number of methoxy groups -OCH3 is 2. The lowest BCUT2D eigenvalue weighted by molar-refractivity contribution is -0.181. The van der Waals surface area contributed by atoms with Crippen molar-refractivity contribution >= 4 is 34.7 Å². The van der Waals surface area contributed by atoms with Gasteiger partial charge in [-0.2, -0.15) is 0 Å². The molecule has 2 fully saturated rings. The van der Waals surface area contributed by atoms with Crippen LogP contribution in [0.4, 0.5) is 0 Å². The SMILES string of the molecule is COC(=O)[C@@H]1CCCN2C(=O)CC[C@H](NC(=O)c3cc4ccc(OC)cc4oc3=O)C(=O)N12. The second-order valence-electron chi connectivity index (χ2n) is 7.80. The molecule has 0 aliphatic carbocycles. The lowest BCUT2D eigenvalue weighted by Crippen LogP contribution is -2.62. The average molecular weight is 457 g/mol. The fourth-order valence-electron chi connectivity index (χ4n) is 4.13. The van der Waals surface area contributed by atoms with Crippen molar-refractivity contribution in [2.45, 2.75) is 37.8 Å². The smallest absolute Gasteiger partial charge is 0.349 e. The number of nitrogens with zero attached hydrogens (tertiary/aromatic N) is 2. The summed E-state index contributed by atoms with van der Waals surface area (Å²) in [5, 5.41) is 5.37. The topological polar surface area (TPSA) is 135 Å². The zero-order valence-corrected chi connectivity index (χ0v) is 18.2. The third-order valence-corrected chi connectivity index (χ3v) is 5.83. The number of rotatable bonds is 4. The highest BCUT2D eigenvalue weighted by atomic mass is 16.5. The van der Waals surface area contributed by atoms with E-state index in [-0.39, 0.29) is 36.4 Å². The Morgan fingerprint density at radius 2 is 1.91 bits per heavy atom. The molecule has 1 N–H and O–H groups in total. The number of hydrogen-bond acceptors (Lipinski definition) is 8. The number of nitrogens with one attached hydrogen (secondary N) is 1. The summed E-state index contributed by atoms with van der Waals surface area (Å²) in [6.07, 6.45) is 0.892. The molecule has 2 aliphatic heterocycles. The van der Waals surface area contributed by atoms with Crippen LogP contribution in [-0.4, -0.2) is 66.6 Å². The first-order valence-electron chi connectivity index (χ1n) is 10.5. The fourth-order valence-corrected chi connectivity index (χ4v) is 4.13. The highest BCUT2D eigenvalue weighted by molar-refractivity contribution is 6.00. The molecule has 1 aromatic carbocycles. The van der Waals surface area contributed by atoms with Gasteiger partial charge in [0.2, 0.25) is 5.91 Å². The fraction of sp³-hybridized carbons (Fsp3) is 0.409. The van der Waals surface area contributed by atoms with Crippen LogP contribution in [-0.2, 0) is 19.1 Å². The van der Waals surface area contributed by atoms with Gasteiger partial charge >= 0.3 is 11.6 Å². The van der Waals surface area contributed by atoms with E-state index in [0.29, 0.717) is 24.0 Å². The zero-order valence-electron chi connectivity index (χ0n) is 18.2. The molecule has 0 saturated carbocycles. The monoisotopic (exact) mass is 457 g/mol. The molecule has 3 amide bonds. The number of carbonyl (C=O) groups is 4. The van der Waals surface area contributed by atoms with E-state index in [4.69, 9.17) is 13.9 Å². The Hall–Kier alpha value is -3.89. The highest BCUT2D eigenvalue weighted by Crippen LogP contribution is 2.26. The van der Waals surface area contributed by atoms with E-state index in [2.05, 4.69) is 5.32 Å². The normalized spacial score (nSPS) is 20.8. The summed E-state index contributed by atoms with van der Waals surface area (Å²) in [4.78, 5) is 63.5. The Morgan fingerprint density at radius 1 is 1.12 bits per heavy atom. The maximum Gasteiger partial charge on any atom is 0.349 e. The Labute approximate surface area is 188 Å². The van der Waals surface area contributed by atoms with Gasteiger partial charge in [0, 0.05) is 24.4 Å². The molecule has 2 aliphatic rings. The Kier molecular flexibility index (Phi) is 6.03. The zero-order chi connectivity index (χ0) is 23.7. The second kappa shape index (κ2) is 8.93. The predicted octanol–water partition coefficient (Wildman–Crippen LogP) is 0.601. The molecule has 174 valence electrons. The molecule has 0 radical (unpaired) electrons. The summed E-state index contributed by atoms with van der Waals surface area (Å²) < 4.78 is 15.2. The van der Waals surface area contributed by atoms with E-state index in [9.17, 15) is 24.0 Å². The number of hydrogen-bond donors (Lipinski definition) is 1. The minimum Gasteiger partial charge on any atom is -0.497 e. The number of amides is 3. The van der Waals surface area contributed by atoms with Crippen LogP contribution in [0.15, 0.2) is 33.5 Å². The van der Waals surface area contributed by atoms with E-state index < -0.39 is 35.5 Å². The van der Waals surface area contributed by atoms with Gasteiger partial charge in [-0.25, -0.2) is 14.6 Å². The van der Waals surface area contributed by atoms with Crippen molar-refractivity contribution in [1.29, 1.82) is 0 Å². The van der Waals surface area contributed by atoms with E-state index in [1.165, 1.54) is 31.4 Å². The van der Waals surface area contributed by atoms with Gasteiger partial charge in [0.25, 0.3) is 11.8 Å². The lowest BCUT2D eigenvalue weighted by Gasteiger charge is -2.42. The van der Waals surface area contributed by atoms with Crippen molar-refractivity contribution in [3.05, 3.63) is 40.2 Å². The predicted molar refractivity (Wildman–Crippen MR) is 113 cm³/mol. The van der Waals surface area contributed by atoms with Gasteiger partial charge in [-0.05, 0) is 37.5 Å². The van der Waals surface area contributed by atoms with E-state index in [1.807, 2.05) is 0 Å². The summed E-state index contributed by atoms with van der Waals surface area (Å²) in [6, 6.07) is 4.11. The molecule has 2 saturated heterocycles. The van der Waals surface area contributed by atoms with Gasteiger partial charge in [-0.1, -0.05) is 0 Å². The molecule has 4 rings (SSSR count). The molecule has 2 aromatic rings. The number of carbonyl (C=O) groups excluding carboxylic acids is 4. The summed E-state index contributed by atoms with van der Waals surface area (Å²) >= 11 is 0. The van der Waals surface area contributed by atoms with Crippen molar-refractivity contribution < 1.29 is 33.1 Å². The number of ether oxygens (including phenoxy) is 2. The molecular weight excluding hydrogens is 434 g/mol. The Balaban J connectivity index is 1.61. The standard InChI is InChI=1S/C22H23N3O8/c1-31-13-6-5-12-10-14(21(29)33-17(12)11-13)19(27)23-15-7-8-18(26)24-9-3-4-16(22(30)32-2)25(24)20(15)28/h5-6,10-11,15-16H,3-4,7-9H2,1-2H3,(H,23,27)/t15-,16-/m0/s1. The average Bonchev–Trinajstić information content (AvgIpc) is 2.94. The van der Waals surface area contributed by atoms with Crippen LogP contribution in [0, 0.1) is 0 Å². The molecule has 2 atom stereocenters. The Morgan fingerprint density at radius 3 is 2.64 bits per heavy atom. The van der Waals surface area contributed by atoms with Crippen LogP contribution in [0.1, 0.15) is 36.0 Å². The molecule has 0 spiro atoms. The van der Waals surface area contributed by atoms with Crippen LogP contribution in [0.25, 0.3) is 11.0 Å². The molecule has 3 heterocycles. The number of benzene rings is 1. The Bertz CT molecular complexity index is 1190. The van der Waals surface area contributed by atoms with Crippen molar-refractivity contribution in [3.63, 3.8) is 0 Å². The largest absolute Gasteiger partial charge is 0.497 e. The quantitative estimate of drug-likeness (QED) is 0.521. The third kappa shape index (κ3) is 4.13. The van der Waals surface area contributed by atoms with Crippen LogP contribution in [0.3, 0.4) is 0 Å². The molecule has 11 nitrogen and oxygen atoms in total. The molecule has 0 bridgehead atoms. The molecule has 1 aromatic heterocycles. The van der Waals surface area contributed by atoms with Gasteiger partial charge < -0.3 is 19.2 Å².